The van der Waals surface area contributed by atoms with Gasteiger partial charge in [0.05, 0.1) is 88.5 Å². The minimum absolute atomic E-state index is 0.0560. The van der Waals surface area contributed by atoms with E-state index >= 15 is 0 Å². The van der Waals surface area contributed by atoms with Gasteiger partial charge in [-0.1, -0.05) is 116 Å². The largest absolute Gasteiger partial charge is 0.465 e. The third-order valence-corrected chi connectivity index (χ3v) is 21.2. The summed E-state index contributed by atoms with van der Waals surface area (Å²) in [6, 6.07) is 1.91. The second-order valence-electron chi connectivity index (χ2n) is 28.6. The Morgan fingerprint density at radius 3 is 1.79 bits per heavy atom. The summed E-state index contributed by atoms with van der Waals surface area (Å²) in [6.45, 7) is -1.35. The molecule has 640 valence electrons. The fourth-order valence-corrected chi connectivity index (χ4v) is 14.5. The number of rotatable bonds is 45. The molecule has 28 atom stereocenters. The number of amides is 2. The number of aliphatic hydroxyl groups excluding tert-OH is 16. The lowest BCUT2D eigenvalue weighted by molar-refractivity contribution is -0.426. The first-order valence-electron chi connectivity index (χ1n) is 37.7. The standard InChI is InChI=1S/C72H112F3N3O33S/c1-5-6-7-8-9-10-11-12-13-14-15-16-17-18-19-20-50(88)77-40(41(85)22-24-51(89)76-39-27-38(72(73,74)75)21-23-44(39)102-45-25-26-112-65(45)66(98)99-4)34-100-68-58(96)56(94)62(48(32-82)105-68)108-70-59(97)64(111-71(78-101-35-84)28-42(86)36(2)61(110-71)52(90)43(87)29-79)63(49(33-83)106-70)109-67-37(3)60(54(92)47(31-81)103-67)107-69-57(95)55(93)53(91)46(30-80)104-69/h21-27,35-37,40-43,46-49,52-64,67-70,78-83,85-87,90-97H,5-20,28-34H2,1-4H3,(H,76,89)(H,77,88)/b24-22+/t36?,37?,40-,41+,42?,43+,46?,47?,48?,49?,52+,53?,54?,55?,56?,57?,58?,59?,60?,61?,62?,63?,64?,67?,68?,69?,70?,71?/m0/s1. The summed E-state index contributed by atoms with van der Waals surface area (Å²) in [6.07, 6.45) is -35.1. The lowest BCUT2D eigenvalue weighted by Crippen LogP contribution is -2.70. The van der Waals surface area contributed by atoms with E-state index in [1.807, 2.05) is 0 Å². The third-order valence-electron chi connectivity index (χ3n) is 20.4. The highest BCUT2D eigenvalue weighted by atomic mass is 32.1. The van der Waals surface area contributed by atoms with E-state index in [1.54, 1.807) is 0 Å². The maximum Gasteiger partial charge on any atom is 0.416 e. The molecule has 6 heterocycles. The number of aliphatic hydroxyl groups is 16. The molecule has 0 spiro atoms. The van der Waals surface area contributed by atoms with Gasteiger partial charge in [-0.05, 0) is 42.1 Å². The highest BCUT2D eigenvalue weighted by molar-refractivity contribution is 7.12. The number of benzene rings is 1. The molecule has 7 rings (SSSR count). The van der Waals surface area contributed by atoms with Gasteiger partial charge in [-0.3, -0.25) is 14.4 Å². The predicted molar refractivity (Wildman–Crippen MR) is 379 cm³/mol. The van der Waals surface area contributed by atoms with Crippen LogP contribution < -0.4 is 20.9 Å². The van der Waals surface area contributed by atoms with Gasteiger partial charge in [0.25, 0.3) is 5.91 Å². The molecule has 0 radical (unpaired) electrons. The summed E-state index contributed by atoms with van der Waals surface area (Å²) in [5.74, 6) is -8.33. The van der Waals surface area contributed by atoms with E-state index in [4.69, 9.17) is 61.7 Å². The van der Waals surface area contributed by atoms with E-state index in [0.29, 0.717) is 25.0 Å². The number of unbranched alkanes of at least 4 members (excludes halogenated alkanes) is 14. The van der Waals surface area contributed by atoms with Gasteiger partial charge in [0.15, 0.2) is 41.5 Å². The second kappa shape index (κ2) is 45.7. The van der Waals surface area contributed by atoms with Crippen molar-refractivity contribution >= 4 is 41.3 Å². The van der Waals surface area contributed by atoms with Crippen molar-refractivity contribution in [3.05, 3.63) is 52.2 Å². The minimum Gasteiger partial charge on any atom is -0.465 e. The van der Waals surface area contributed by atoms with Crippen LogP contribution in [0.15, 0.2) is 41.8 Å². The zero-order valence-electron chi connectivity index (χ0n) is 62.6. The predicted octanol–water partition coefficient (Wildman–Crippen LogP) is -0.632. The Kier molecular flexibility index (Phi) is 38.4. The molecule has 0 saturated carbocycles. The first-order valence-corrected chi connectivity index (χ1v) is 38.6. The van der Waals surface area contributed by atoms with Crippen LogP contribution in [0.2, 0.25) is 0 Å². The Bertz CT molecular complexity index is 3170. The Morgan fingerprint density at radius 1 is 0.643 bits per heavy atom. The summed E-state index contributed by atoms with van der Waals surface area (Å²) >= 11 is 0.905. The Morgan fingerprint density at radius 2 is 1.20 bits per heavy atom. The summed E-state index contributed by atoms with van der Waals surface area (Å²) in [4.78, 5) is 56.5. The number of ether oxygens (including phenoxy) is 12. The number of thiophene rings is 1. The van der Waals surface area contributed by atoms with Gasteiger partial charge in [-0.15, -0.1) is 11.3 Å². The number of halogens is 3. The normalized spacial score (nSPS) is 33.7. The van der Waals surface area contributed by atoms with E-state index < -0.39 is 252 Å². The first kappa shape index (κ1) is 94.2. The number of carbonyl (C=O) groups excluding carboxylic acids is 4. The van der Waals surface area contributed by atoms with Gasteiger partial charge < -0.3 is 154 Å². The molecular formula is C72H112F3N3O33S. The molecule has 5 aliphatic heterocycles. The molecule has 1 aromatic carbocycles. The Labute approximate surface area is 648 Å². The van der Waals surface area contributed by atoms with Crippen molar-refractivity contribution in [3.8, 4) is 11.5 Å². The number of nitrogens with one attached hydrogen (secondary N) is 3. The summed E-state index contributed by atoms with van der Waals surface area (Å²) in [5, 5.41) is 184. The SMILES string of the molecule is CCCCCCCCCCCCCCCCCC(=O)N[C@@H](COC1OC(CO)C(OC2OC(CO)C(OC3OC(CO)C(O)C(OC4OC(CO)C(O)C(O)C4O)C3C)C(OC3(NOC=O)CC(O)C(C)C([C@H](O)[C@H](O)CO)O3)C2O)C(O)C1O)[C@H](O)/C=C/C(=O)Nc1cc(C(F)(F)F)ccc1Oc1ccsc1C(=O)OC. The van der Waals surface area contributed by atoms with Gasteiger partial charge >= 0.3 is 18.6 Å². The Balaban J connectivity index is 1.12. The van der Waals surface area contributed by atoms with Crippen LogP contribution in [-0.4, -0.2) is 312 Å². The maximum atomic E-state index is 14.1. The zero-order chi connectivity index (χ0) is 82.1. The second-order valence-corrected chi connectivity index (χ2v) is 29.5. The fourth-order valence-electron chi connectivity index (χ4n) is 13.8. The summed E-state index contributed by atoms with van der Waals surface area (Å²) in [5.41, 5.74) is 0.401. The molecular weight excluding hydrogens is 1520 g/mol. The highest BCUT2D eigenvalue weighted by Gasteiger charge is 2.60. The molecule has 2 aromatic rings. The van der Waals surface area contributed by atoms with Crippen LogP contribution in [-0.2, 0) is 77.5 Å². The van der Waals surface area contributed by atoms with Crippen LogP contribution in [0.5, 0.6) is 11.5 Å². The number of hydrogen-bond donors (Lipinski definition) is 19. The van der Waals surface area contributed by atoms with Gasteiger partial charge in [0.2, 0.25) is 11.8 Å². The number of alkyl halides is 3. The maximum absolute atomic E-state index is 14.1. The molecule has 2 amide bonds. The number of anilines is 1. The smallest absolute Gasteiger partial charge is 0.416 e. The fraction of sp³-hybridized carbons (Fsp3) is 0.778. The van der Waals surface area contributed by atoms with E-state index in [9.17, 15) is 114 Å². The zero-order valence-corrected chi connectivity index (χ0v) is 63.4. The Hall–Kier alpha value is -4.95. The van der Waals surface area contributed by atoms with Crippen molar-refractivity contribution in [2.75, 3.05) is 52.1 Å². The topological polar surface area (TPSA) is 548 Å². The molecule has 5 saturated heterocycles. The minimum atomic E-state index is -4.92. The van der Waals surface area contributed by atoms with E-state index in [1.165, 1.54) is 70.2 Å². The molecule has 1 aromatic heterocycles. The van der Waals surface area contributed by atoms with Gasteiger partial charge in [0.1, 0.15) is 97.7 Å². The monoisotopic (exact) mass is 1640 g/mol. The van der Waals surface area contributed by atoms with Crippen LogP contribution in [0.1, 0.15) is 145 Å². The molecule has 5 fully saturated rings. The van der Waals surface area contributed by atoms with Crippen molar-refractivity contribution in [3.63, 3.8) is 0 Å². The summed E-state index contributed by atoms with van der Waals surface area (Å²) in [7, 11) is 1.10. The molecule has 40 heteroatoms. The molecule has 0 aliphatic carbocycles. The van der Waals surface area contributed by atoms with Crippen LogP contribution in [0.4, 0.5) is 18.9 Å². The van der Waals surface area contributed by atoms with Crippen molar-refractivity contribution in [2.24, 2.45) is 11.8 Å². The quantitative estimate of drug-likeness (QED) is 0.00980. The van der Waals surface area contributed by atoms with E-state index in [2.05, 4.69) is 23.0 Å². The van der Waals surface area contributed by atoms with Crippen molar-refractivity contribution in [2.45, 2.75) is 295 Å². The molecule has 36 nitrogen and oxygen atoms in total. The van der Waals surface area contributed by atoms with Crippen LogP contribution in [0.25, 0.3) is 0 Å². The van der Waals surface area contributed by atoms with Gasteiger partial charge in [-0.2, -0.15) is 13.2 Å². The number of carbonyl (C=O) groups is 4. The van der Waals surface area contributed by atoms with Crippen molar-refractivity contribution < 1.29 is 176 Å². The average Bonchev–Trinajstić information content (AvgIpc) is 0.920. The van der Waals surface area contributed by atoms with Crippen LogP contribution in [0, 0.1) is 11.8 Å². The number of hydrogen-bond acceptors (Lipinski definition) is 35. The highest BCUT2D eigenvalue weighted by Crippen LogP contribution is 2.43. The lowest BCUT2D eigenvalue weighted by atomic mass is 9.86. The number of methoxy groups -OCH3 is 1. The summed E-state index contributed by atoms with van der Waals surface area (Å²) < 4.78 is 113. The molecule has 112 heavy (non-hydrogen) atoms. The number of esters is 1. The van der Waals surface area contributed by atoms with Crippen molar-refractivity contribution in [1.82, 2.24) is 10.8 Å². The van der Waals surface area contributed by atoms with Gasteiger partial charge in [0, 0.05) is 30.8 Å². The molecule has 5 aliphatic rings. The molecule has 0 bridgehead atoms. The lowest BCUT2D eigenvalue weighted by Gasteiger charge is -2.53. The average molecular weight is 1640 g/mol. The third kappa shape index (κ3) is 25.5. The van der Waals surface area contributed by atoms with Crippen LogP contribution >= 0.6 is 11.3 Å². The molecule has 24 unspecified atom stereocenters. The van der Waals surface area contributed by atoms with Gasteiger partial charge in [-0.25, -0.2) is 4.79 Å². The molecule has 19 N–H and O–H groups in total. The van der Waals surface area contributed by atoms with Crippen molar-refractivity contribution in [1.29, 1.82) is 0 Å². The van der Waals surface area contributed by atoms with Crippen LogP contribution in [0.3, 0.4) is 0 Å². The van der Waals surface area contributed by atoms with E-state index in [0.717, 1.165) is 75.2 Å². The number of hydroxylamine groups is 1. The van der Waals surface area contributed by atoms with E-state index in [-0.39, 0.29) is 29.3 Å². The first-order chi connectivity index (χ1) is 53.4.